The molecule has 3 aromatic heterocycles. The van der Waals surface area contributed by atoms with Gasteiger partial charge in [0.1, 0.15) is 0 Å². The highest BCUT2D eigenvalue weighted by Crippen LogP contribution is 2.39. The summed E-state index contributed by atoms with van der Waals surface area (Å²) in [6, 6.07) is 39.2. The molecule has 3 aromatic carbocycles. The number of nitrogens with zero attached hydrogens (tertiary/aromatic N) is 2. The van der Waals surface area contributed by atoms with Gasteiger partial charge in [0.2, 0.25) is 0 Å². The van der Waals surface area contributed by atoms with Gasteiger partial charge in [-0.05, 0) is 71.3 Å². The van der Waals surface area contributed by atoms with Crippen molar-refractivity contribution in [3.63, 3.8) is 0 Å². The smallest absolute Gasteiger partial charge is 0.169 e. The fourth-order valence-corrected chi connectivity index (χ4v) is 7.22. The van der Waals surface area contributed by atoms with Crippen molar-refractivity contribution >= 4 is 63.5 Å². The second-order valence-electron chi connectivity index (χ2n) is 16.4. The maximum Gasteiger partial charge on any atom is 0.169 e. The molecule has 0 saturated carbocycles. The first-order valence-electron chi connectivity index (χ1n) is 19.0. The van der Waals surface area contributed by atoms with Gasteiger partial charge in [0.15, 0.2) is 11.6 Å². The number of ketones is 2. The minimum absolute atomic E-state index is 0.153. The molecule has 276 valence electrons. The van der Waals surface area contributed by atoms with E-state index in [2.05, 4.69) is 82.8 Å². The summed E-state index contributed by atoms with van der Waals surface area (Å²) in [6.07, 6.45) is 9.38. The second-order valence-corrected chi connectivity index (χ2v) is 16.4. The zero-order valence-corrected chi connectivity index (χ0v) is 32.6. The summed E-state index contributed by atoms with van der Waals surface area (Å²) < 4.78 is 0. The third-order valence-electron chi connectivity index (χ3n) is 10.2. The Morgan fingerprint density at radius 3 is 1.20 bits per heavy atom. The van der Waals surface area contributed by atoms with E-state index in [1.165, 1.54) is 6.08 Å². The third-order valence-corrected chi connectivity index (χ3v) is 10.2. The van der Waals surface area contributed by atoms with E-state index in [1.54, 1.807) is 0 Å². The van der Waals surface area contributed by atoms with Crippen molar-refractivity contribution in [2.75, 3.05) is 0 Å². The van der Waals surface area contributed by atoms with Crippen LogP contribution < -0.4 is 0 Å². The lowest BCUT2D eigenvalue weighted by molar-refractivity contribution is -0.122. The van der Waals surface area contributed by atoms with E-state index in [9.17, 15) is 9.59 Å². The number of carbonyl (C=O) groups excluding carboxylic acids is 2. The van der Waals surface area contributed by atoms with E-state index >= 15 is 0 Å². The Morgan fingerprint density at radius 1 is 0.464 bits per heavy atom. The van der Waals surface area contributed by atoms with Gasteiger partial charge in [0, 0.05) is 60.7 Å². The summed E-state index contributed by atoms with van der Waals surface area (Å²) in [7, 11) is 0. The van der Waals surface area contributed by atoms with Gasteiger partial charge in [-0.1, -0.05) is 133 Å². The van der Waals surface area contributed by atoms with Gasteiger partial charge in [0.05, 0.1) is 22.8 Å². The molecular formula is C50H44N4O2. The summed E-state index contributed by atoms with van der Waals surface area (Å²) in [5.41, 5.74) is 11.4. The first-order valence-corrected chi connectivity index (χ1v) is 19.0. The van der Waals surface area contributed by atoms with Crippen molar-refractivity contribution in [1.29, 1.82) is 0 Å². The van der Waals surface area contributed by atoms with Gasteiger partial charge in [0.25, 0.3) is 0 Å². The van der Waals surface area contributed by atoms with Gasteiger partial charge in [-0.25, -0.2) is 9.97 Å². The SMILES string of the molecule is CC(C)(C)C(=O)/C=C(\C(=O)C(C)(C)C)c1c2nc(c(-c3ccccc3)c3ccc([nH]3)c(-c3ccccc3)c3ccc([nH]3)c(-c3ccccc3)c3nc1C=C3)C=C2. The van der Waals surface area contributed by atoms with Crippen molar-refractivity contribution in [1.82, 2.24) is 19.9 Å². The Bertz CT molecular complexity index is 2630. The molecule has 0 amide bonds. The Labute approximate surface area is 327 Å². The summed E-state index contributed by atoms with van der Waals surface area (Å²) in [6.45, 7) is 11.2. The molecule has 0 fully saturated rings. The van der Waals surface area contributed by atoms with Gasteiger partial charge in [-0.2, -0.15) is 0 Å². The lowest BCUT2D eigenvalue weighted by Crippen LogP contribution is -2.25. The quantitative estimate of drug-likeness (QED) is 0.167. The van der Waals surface area contributed by atoms with Crippen LogP contribution in [0.15, 0.2) is 121 Å². The van der Waals surface area contributed by atoms with Gasteiger partial charge in [-0.3, -0.25) is 9.59 Å². The normalized spacial score (nSPS) is 12.9. The van der Waals surface area contributed by atoms with E-state index in [4.69, 9.17) is 9.97 Å². The lowest BCUT2D eigenvalue weighted by atomic mass is 9.80. The molecule has 0 unspecified atom stereocenters. The fourth-order valence-electron chi connectivity index (χ4n) is 7.22. The first-order chi connectivity index (χ1) is 26.9. The molecule has 0 spiro atoms. The summed E-state index contributed by atoms with van der Waals surface area (Å²) >= 11 is 0. The Kier molecular flexibility index (Phi) is 9.21. The molecule has 2 aliphatic heterocycles. The lowest BCUT2D eigenvalue weighted by Gasteiger charge is -2.21. The molecular weight excluding hydrogens is 689 g/mol. The van der Waals surface area contributed by atoms with Crippen LogP contribution in [0.5, 0.6) is 0 Å². The first kappa shape index (κ1) is 36.3. The summed E-state index contributed by atoms with van der Waals surface area (Å²) in [5.74, 6) is -0.320. The number of aromatic amines is 2. The maximum absolute atomic E-state index is 14.6. The number of carbonyl (C=O) groups is 2. The van der Waals surface area contributed by atoms with E-state index in [-0.39, 0.29) is 11.6 Å². The molecule has 0 aliphatic carbocycles. The Hall–Kier alpha value is -6.66. The van der Waals surface area contributed by atoms with Crippen LogP contribution in [0.2, 0.25) is 0 Å². The zero-order valence-electron chi connectivity index (χ0n) is 32.6. The molecule has 8 bridgehead atoms. The van der Waals surface area contributed by atoms with Gasteiger partial charge < -0.3 is 9.97 Å². The van der Waals surface area contributed by atoms with E-state index in [1.807, 2.05) is 108 Å². The van der Waals surface area contributed by atoms with Crippen LogP contribution >= 0.6 is 0 Å². The highest BCUT2D eigenvalue weighted by Gasteiger charge is 2.32. The van der Waals surface area contributed by atoms with Crippen LogP contribution in [0, 0.1) is 10.8 Å². The number of rotatable bonds is 6. The standard InChI is InChI=1S/C50H44N4O2/c1-49(2,3)43(55)30-34(48(56)50(4,5)6)47-41-28-26-39(53-41)45(32-18-12-8-13-19-32)37-24-22-35(51-37)44(31-16-10-7-11-17-31)36-23-25-38(52-36)46(33-20-14-9-15-21-33)40-27-29-42(47)54-40/h7-30,51-52H,1-6H3/b34-30-,44-35?,44-36?,45-37?,45-39?,46-38?,46-40?,47-41?,47-42?. The van der Waals surface area contributed by atoms with Crippen molar-refractivity contribution in [2.45, 2.75) is 41.5 Å². The zero-order chi connectivity index (χ0) is 39.2. The summed E-state index contributed by atoms with van der Waals surface area (Å²) in [4.78, 5) is 46.6. The number of hydrogen-bond acceptors (Lipinski definition) is 4. The second kappa shape index (κ2) is 14.2. The van der Waals surface area contributed by atoms with Crippen LogP contribution in [-0.2, 0) is 9.59 Å². The van der Waals surface area contributed by atoms with E-state index in [0.717, 1.165) is 66.8 Å². The average molecular weight is 733 g/mol. The number of hydrogen-bond donors (Lipinski definition) is 2. The molecule has 0 saturated heterocycles. The number of aromatic nitrogens is 4. The number of allylic oxidation sites excluding steroid dienone is 2. The van der Waals surface area contributed by atoms with Gasteiger partial charge >= 0.3 is 0 Å². The predicted molar refractivity (Wildman–Crippen MR) is 232 cm³/mol. The monoisotopic (exact) mass is 732 g/mol. The molecule has 0 atom stereocenters. The topological polar surface area (TPSA) is 91.5 Å². The van der Waals surface area contributed by atoms with Crippen molar-refractivity contribution < 1.29 is 9.59 Å². The number of Topliss-reactive ketones (excluding diaryl/α,β-unsaturated/α-hetero) is 1. The molecule has 8 rings (SSSR count). The molecule has 2 aliphatic rings. The van der Waals surface area contributed by atoms with Gasteiger partial charge in [-0.15, -0.1) is 0 Å². The van der Waals surface area contributed by atoms with E-state index in [0.29, 0.717) is 22.5 Å². The van der Waals surface area contributed by atoms with Crippen LogP contribution in [0.1, 0.15) is 69.9 Å². The summed E-state index contributed by atoms with van der Waals surface area (Å²) in [5, 5.41) is 0. The van der Waals surface area contributed by atoms with Crippen molar-refractivity contribution in [3.8, 4) is 33.4 Å². The third kappa shape index (κ3) is 6.90. The molecule has 6 heteroatoms. The largest absolute Gasteiger partial charge is 0.354 e. The number of H-pyrrole nitrogens is 2. The van der Waals surface area contributed by atoms with Crippen LogP contribution in [0.3, 0.4) is 0 Å². The van der Waals surface area contributed by atoms with Crippen LogP contribution in [-0.4, -0.2) is 31.5 Å². The van der Waals surface area contributed by atoms with E-state index < -0.39 is 10.8 Å². The molecule has 2 N–H and O–H groups in total. The maximum atomic E-state index is 14.6. The number of nitrogens with one attached hydrogen (secondary N) is 2. The minimum Gasteiger partial charge on any atom is -0.354 e. The minimum atomic E-state index is -0.798. The highest BCUT2D eigenvalue weighted by molar-refractivity contribution is 6.28. The number of fused-ring (bicyclic) bond motifs is 8. The predicted octanol–water partition coefficient (Wildman–Crippen LogP) is 12.3. The number of benzene rings is 3. The average Bonchev–Trinajstić information content (AvgIpc) is 4.02. The molecule has 56 heavy (non-hydrogen) atoms. The molecule has 5 heterocycles. The highest BCUT2D eigenvalue weighted by atomic mass is 16.1. The Balaban J connectivity index is 1.59. The van der Waals surface area contributed by atoms with Crippen molar-refractivity contribution in [3.05, 3.63) is 150 Å². The van der Waals surface area contributed by atoms with Crippen molar-refractivity contribution in [2.24, 2.45) is 10.8 Å². The molecule has 6 nitrogen and oxygen atoms in total. The molecule has 6 aromatic rings. The molecule has 0 radical (unpaired) electrons. The Morgan fingerprint density at radius 2 is 0.821 bits per heavy atom. The van der Waals surface area contributed by atoms with Crippen LogP contribution in [0.25, 0.3) is 85.3 Å². The van der Waals surface area contributed by atoms with Crippen LogP contribution in [0.4, 0.5) is 0 Å². The fraction of sp³-hybridized carbons (Fsp3) is 0.160.